The van der Waals surface area contributed by atoms with Gasteiger partial charge in [0.15, 0.2) is 5.16 Å². The monoisotopic (exact) mass is 493 g/mol. The van der Waals surface area contributed by atoms with Crippen LogP contribution < -0.4 is 11.2 Å². The topological polar surface area (TPSA) is 96.4 Å². The summed E-state index contributed by atoms with van der Waals surface area (Å²) in [7, 11) is 0. The van der Waals surface area contributed by atoms with Gasteiger partial charge in [-0.1, -0.05) is 52.6 Å². The number of aromatic nitrogens is 5. The molecule has 0 fully saturated rings. The van der Waals surface area contributed by atoms with Crippen molar-refractivity contribution in [2.75, 3.05) is 0 Å². The molecule has 7 nitrogen and oxygen atoms in total. The highest BCUT2D eigenvalue weighted by molar-refractivity contribution is 7.98. The maximum Gasteiger partial charge on any atom is 0.325 e. The number of hydrogen-bond acceptors (Lipinski definition) is 5. The van der Waals surface area contributed by atoms with Crippen LogP contribution in [0, 0.1) is 0 Å². The fourth-order valence-corrected chi connectivity index (χ4v) is 4.28. The molecule has 31 heavy (non-hydrogen) atoms. The zero-order chi connectivity index (χ0) is 22.0. The maximum atomic E-state index is 11.7. The van der Waals surface area contributed by atoms with Gasteiger partial charge >= 0.3 is 5.69 Å². The summed E-state index contributed by atoms with van der Waals surface area (Å²) in [5.74, 6) is 1.14. The Morgan fingerprint density at radius 3 is 2.39 bits per heavy atom. The number of nitrogens with one attached hydrogen (secondary N) is 2. The number of benzene rings is 2. The first-order valence-corrected chi connectivity index (χ1v) is 11.1. The van der Waals surface area contributed by atoms with E-state index in [2.05, 4.69) is 20.2 Å². The van der Waals surface area contributed by atoms with Crippen molar-refractivity contribution in [1.82, 2.24) is 24.7 Å². The summed E-state index contributed by atoms with van der Waals surface area (Å²) in [6.45, 7) is 0. The van der Waals surface area contributed by atoms with Gasteiger partial charge in [-0.3, -0.25) is 14.3 Å². The van der Waals surface area contributed by atoms with Gasteiger partial charge in [0.25, 0.3) is 5.56 Å². The molecule has 2 aromatic carbocycles. The van der Waals surface area contributed by atoms with Crippen LogP contribution in [0.5, 0.6) is 0 Å². The highest BCUT2D eigenvalue weighted by Crippen LogP contribution is 2.29. The third-order valence-electron chi connectivity index (χ3n) is 4.30. The molecule has 4 rings (SSSR count). The summed E-state index contributed by atoms with van der Waals surface area (Å²) >= 11 is 19.6. The van der Waals surface area contributed by atoms with Gasteiger partial charge in [0.1, 0.15) is 5.82 Å². The molecule has 0 saturated carbocycles. The average molecular weight is 495 g/mol. The second kappa shape index (κ2) is 9.32. The second-order valence-corrected chi connectivity index (χ2v) is 8.73. The minimum Gasteiger partial charge on any atom is -0.311 e. The van der Waals surface area contributed by atoms with E-state index in [0.717, 1.165) is 11.3 Å². The Balaban J connectivity index is 1.69. The molecule has 2 N–H and O–H groups in total. The van der Waals surface area contributed by atoms with Crippen molar-refractivity contribution < 1.29 is 0 Å². The minimum absolute atomic E-state index is 0.210. The predicted molar refractivity (Wildman–Crippen MR) is 123 cm³/mol. The van der Waals surface area contributed by atoms with Crippen molar-refractivity contribution in [2.45, 2.75) is 17.3 Å². The largest absolute Gasteiger partial charge is 0.325 e. The Morgan fingerprint density at radius 2 is 1.68 bits per heavy atom. The molecule has 0 aliphatic heterocycles. The third-order valence-corrected chi connectivity index (χ3v) is 6.29. The van der Waals surface area contributed by atoms with Gasteiger partial charge < -0.3 is 4.98 Å². The first-order valence-electron chi connectivity index (χ1n) is 8.98. The Bertz CT molecular complexity index is 1320. The molecular formula is C20H14Cl3N5O2S. The van der Waals surface area contributed by atoms with Crippen molar-refractivity contribution in [3.05, 3.63) is 102 Å². The van der Waals surface area contributed by atoms with Gasteiger partial charge in [-0.2, -0.15) is 0 Å². The molecule has 0 unspecified atom stereocenters. The summed E-state index contributed by atoms with van der Waals surface area (Å²) in [5, 5.41) is 10.8. The van der Waals surface area contributed by atoms with E-state index in [-0.39, 0.29) is 6.42 Å². The molecule has 0 amide bonds. The second-order valence-electron chi connectivity index (χ2n) is 6.54. The van der Waals surface area contributed by atoms with Crippen molar-refractivity contribution in [3.8, 4) is 5.69 Å². The van der Waals surface area contributed by atoms with Crippen LogP contribution in [0.1, 0.15) is 17.1 Å². The number of aromatic amines is 2. The molecule has 0 spiro atoms. The van der Waals surface area contributed by atoms with Gasteiger partial charge in [-0.15, -0.1) is 10.2 Å². The summed E-state index contributed by atoms with van der Waals surface area (Å²) in [5.41, 5.74) is 1.15. The zero-order valence-electron chi connectivity index (χ0n) is 15.7. The van der Waals surface area contributed by atoms with Crippen LogP contribution in [0.2, 0.25) is 15.1 Å². The first kappa shape index (κ1) is 21.7. The van der Waals surface area contributed by atoms with Crippen LogP contribution in [0.25, 0.3) is 5.69 Å². The van der Waals surface area contributed by atoms with Gasteiger partial charge in [-0.05, 0) is 42.0 Å². The van der Waals surface area contributed by atoms with Crippen LogP contribution in [-0.4, -0.2) is 24.7 Å². The van der Waals surface area contributed by atoms with E-state index in [1.165, 1.54) is 17.8 Å². The number of nitrogens with zero attached hydrogens (tertiary/aromatic N) is 3. The summed E-state index contributed by atoms with van der Waals surface area (Å²) < 4.78 is 1.86. The molecule has 0 bridgehead atoms. The molecule has 0 atom stereocenters. The van der Waals surface area contributed by atoms with E-state index in [9.17, 15) is 9.59 Å². The van der Waals surface area contributed by atoms with E-state index >= 15 is 0 Å². The fourth-order valence-electron chi connectivity index (χ4n) is 2.92. The molecule has 4 aromatic rings. The molecule has 0 aliphatic rings. The molecule has 0 radical (unpaired) electrons. The lowest BCUT2D eigenvalue weighted by atomic mass is 10.2. The fraction of sp³-hybridized carbons (Fsp3) is 0.100. The number of thioether (sulfide) groups is 1. The Morgan fingerprint density at radius 1 is 0.903 bits per heavy atom. The maximum absolute atomic E-state index is 11.7. The number of hydrogen-bond donors (Lipinski definition) is 2. The molecule has 2 aromatic heterocycles. The molecule has 158 valence electrons. The van der Waals surface area contributed by atoms with E-state index in [0.29, 0.717) is 37.5 Å². The SMILES string of the molecule is O=c1cc(Cc2nnc(SCc3ccc(Cl)c(Cl)c3)n2-c2ccc(Cl)cc2)[nH]c(=O)[nH]1. The van der Waals surface area contributed by atoms with E-state index < -0.39 is 11.2 Å². The Hall–Kier alpha value is -2.52. The van der Waals surface area contributed by atoms with Gasteiger partial charge in [0.2, 0.25) is 0 Å². The molecule has 0 aliphatic carbocycles. The highest BCUT2D eigenvalue weighted by atomic mass is 35.5. The van der Waals surface area contributed by atoms with Crippen molar-refractivity contribution in [3.63, 3.8) is 0 Å². The first-order chi connectivity index (χ1) is 14.9. The van der Waals surface area contributed by atoms with E-state index in [1.54, 1.807) is 18.2 Å². The molecular weight excluding hydrogens is 481 g/mol. The van der Waals surface area contributed by atoms with Crippen molar-refractivity contribution in [2.24, 2.45) is 0 Å². The van der Waals surface area contributed by atoms with Crippen molar-refractivity contribution >= 4 is 46.6 Å². The Kier molecular flexibility index (Phi) is 6.52. The van der Waals surface area contributed by atoms with Crippen LogP contribution in [0.4, 0.5) is 0 Å². The lowest BCUT2D eigenvalue weighted by molar-refractivity contribution is 0.829. The zero-order valence-corrected chi connectivity index (χ0v) is 18.8. The lowest BCUT2D eigenvalue weighted by Crippen LogP contribution is -2.23. The smallest absolute Gasteiger partial charge is 0.311 e. The van der Waals surface area contributed by atoms with Crippen molar-refractivity contribution in [1.29, 1.82) is 0 Å². The summed E-state index contributed by atoms with van der Waals surface area (Å²) in [4.78, 5) is 28.0. The van der Waals surface area contributed by atoms with Crippen LogP contribution in [0.15, 0.2) is 63.3 Å². The average Bonchev–Trinajstić information content (AvgIpc) is 3.11. The predicted octanol–water partition coefficient (Wildman–Crippen LogP) is 4.49. The van der Waals surface area contributed by atoms with Gasteiger partial charge in [0.05, 0.1) is 10.0 Å². The normalized spacial score (nSPS) is 11.1. The van der Waals surface area contributed by atoms with Crippen LogP contribution in [0.3, 0.4) is 0 Å². The number of rotatable bonds is 6. The molecule has 11 heteroatoms. The van der Waals surface area contributed by atoms with Crippen LogP contribution in [-0.2, 0) is 12.2 Å². The Labute approximate surface area is 195 Å². The van der Waals surface area contributed by atoms with E-state index in [4.69, 9.17) is 34.8 Å². The summed E-state index contributed by atoms with van der Waals surface area (Å²) in [6, 6.07) is 14.0. The van der Waals surface area contributed by atoms with Crippen LogP contribution >= 0.6 is 46.6 Å². The molecule has 0 saturated heterocycles. The summed E-state index contributed by atoms with van der Waals surface area (Å²) in [6.07, 6.45) is 0.210. The number of H-pyrrole nitrogens is 2. The lowest BCUT2D eigenvalue weighted by Gasteiger charge is -2.11. The standard InChI is InChI=1S/C20H14Cl3N5O2S/c21-12-2-4-14(5-3-12)28-17(8-13-9-18(29)25-19(30)24-13)26-27-20(28)31-10-11-1-6-15(22)16(23)7-11/h1-7,9H,8,10H2,(H2,24,25,29,30). The minimum atomic E-state index is -0.575. The third kappa shape index (κ3) is 5.22. The van der Waals surface area contributed by atoms with E-state index in [1.807, 2.05) is 28.8 Å². The van der Waals surface area contributed by atoms with Gasteiger partial charge in [-0.25, -0.2) is 4.79 Å². The quantitative estimate of drug-likeness (QED) is 0.385. The molecule has 2 heterocycles. The highest BCUT2D eigenvalue weighted by Gasteiger charge is 2.16. The number of halogens is 3. The van der Waals surface area contributed by atoms with Gasteiger partial charge in [0, 0.05) is 34.6 Å².